The number of likely N-dealkylation sites (tertiary alicyclic amines) is 1. The summed E-state index contributed by atoms with van der Waals surface area (Å²) in [5, 5.41) is 0. The van der Waals surface area contributed by atoms with E-state index in [1.807, 2.05) is 4.90 Å². The molecule has 5 heteroatoms. The lowest BCUT2D eigenvalue weighted by atomic mass is 9.98. The molecule has 1 aliphatic rings. The van der Waals surface area contributed by atoms with Crippen molar-refractivity contribution in [2.24, 2.45) is 0 Å². The van der Waals surface area contributed by atoms with E-state index in [-0.39, 0.29) is 5.91 Å². The number of alkyl halides is 1. The highest BCUT2D eigenvalue weighted by atomic mass is 79.9. The molecule has 0 aromatic heterocycles. The second-order valence-corrected chi connectivity index (χ2v) is 5.84. The first kappa shape index (κ1) is 15.0. The first-order chi connectivity index (χ1) is 8.14. The van der Waals surface area contributed by atoms with Crippen molar-refractivity contribution in [3.05, 3.63) is 35.5 Å². The van der Waals surface area contributed by atoms with Gasteiger partial charge in [-0.05, 0) is 6.92 Å². The van der Waals surface area contributed by atoms with Crippen LogP contribution in [0.4, 0.5) is 4.39 Å². The van der Waals surface area contributed by atoms with Gasteiger partial charge in [0.05, 0.1) is 19.6 Å². The van der Waals surface area contributed by atoms with Crippen molar-refractivity contribution in [2.45, 2.75) is 12.6 Å². The van der Waals surface area contributed by atoms with Gasteiger partial charge >= 0.3 is 0 Å². The zero-order chi connectivity index (χ0) is 14.1. The van der Waals surface area contributed by atoms with E-state index in [0.717, 1.165) is 5.70 Å². The second-order valence-electron chi connectivity index (χ2n) is 4.88. The molecule has 1 saturated heterocycles. The summed E-state index contributed by atoms with van der Waals surface area (Å²) < 4.78 is 13.8. The molecule has 1 heterocycles. The van der Waals surface area contributed by atoms with E-state index in [4.69, 9.17) is 0 Å². The third-order valence-electron chi connectivity index (χ3n) is 2.84. The summed E-state index contributed by atoms with van der Waals surface area (Å²) in [5.74, 6) is -0.221. The molecule has 0 atom stereocenters. The molecule has 18 heavy (non-hydrogen) atoms. The van der Waals surface area contributed by atoms with Crippen LogP contribution in [0.1, 0.15) is 6.92 Å². The first-order valence-corrected chi connectivity index (χ1v) is 6.34. The smallest absolute Gasteiger partial charge is 0.254 e. The second kappa shape index (κ2) is 5.26. The molecule has 0 spiro atoms. The Labute approximate surface area is 116 Å². The monoisotopic (exact) mass is 316 g/mol. The Kier molecular flexibility index (Phi) is 4.37. The van der Waals surface area contributed by atoms with E-state index in [9.17, 15) is 9.18 Å². The van der Waals surface area contributed by atoms with Crippen molar-refractivity contribution in [2.75, 3.05) is 26.7 Å². The quantitative estimate of drug-likeness (QED) is 0.574. The normalized spacial score (nSPS) is 16.8. The van der Waals surface area contributed by atoms with Crippen molar-refractivity contribution in [3.8, 4) is 0 Å². The molecule has 1 amide bonds. The Morgan fingerprint density at radius 1 is 1.44 bits per heavy atom. The van der Waals surface area contributed by atoms with Crippen LogP contribution in [0.3, 0.4) is 0 Å². The third-order valence-corrected chi connectivity index (χ3v) is 3.32. The Hall–Kier alpha value is -1.10. The maximum absolute atomic E-state index is 13.4. The minimum Gasteiger partial charge on any atom is -0.367 e. The minimum atomic E-state index is -1.14. The molecular weight excluding hydrogens is 299 g/mol. The summed E-state index contributed by atoms with van der Waals surface area (Å²) in [7, 11) is 1.66. The minimum absolute atomic E-state index is 0.221. The van der Waals surface area contributed by atoms with Crippen LogP contribution in [0.25, 0.3) is 0 Å². The van der Waals surface area contributed by atoms with E-state index in [1.165, 1.54) is 4.90 Å². The molecule has 3 nitrogen and oxygen atoms in total. The van der Waals surface area contributed by atoms with Gasteiger partial charge in [0.1, 0.15) is 5.67 Å². The van der Waals surface area contributed by atoms with Crippen molar-refractivity contribution in [1.82, 2.24) is 9.80 Å². The molecule has 100 valence electrons. The fourth-order valence-electron chi connectivity index (χ4n) is 1.77. The van der Waals surface area contributed by atoms with Gasteiger partial charge in [-0.15, -0.1) is 0 Å². The molecule has 0 N–H and O–H groups in total. The Balaban J connectivity index is 2.48. The van der Waals surface area contributed by atoms with Crippen LogP contribution >= 0.6 is 15.9 Å². The number of amides is 1. The SMILES string of the molecule is C=C(Br)C(=C)C(=O)N(C)CC(=C)N1CC(C)(F)C1. The van der Waals surface area contributed by atoms with Gasteiger partial charge < -0.3 is 9.80 Å². The van der Waals surface area contributed by atoms with Crippen LogP contribution in [-0.2, 0) is 4.79 Å². The van der Waals surface area contributed by atoms with Crippen LogP contribution in [-0.4, -0.2) is 48.1 Å². The predicted molar refractivity (Wildman–Crippen MR) is 75.1 cm³/mol. The number of hydrogen-bond acceptors (Lipinski definition) is 2. The van der Waals surface area contributed by atoms with Gasteiger partial charge in [-0.2, -0.15) is 0 Å². The van der Waals surface area contributed by atoms with Gasteiger partial charge in [-0.25, -0.2) is 4.39 Å². The van der Waals surface area contributed by atoms with Gasteiger partial charge in [0.25, 0.3) is 5.91 Å². The number of rotatable bonds is 5. The molecule has 0 unspecified atom stereocenters. The number of carbonyl (C=O) groups excluding carboxylic acids is 1. The van der Waals surface area contributed by atoms with Crippen molar-refractivity contribution >= 4 is 21.8 Å². The highest BCUT2D eigenvalue weighted by Crippen LogP contribution is 2.27. The maximum Gasteiger partial charge on any atom is 0.254 e. The Morgan fingerprint density at radius 2 is 1.94 bits per heavy atom. The summed E-state index contributed by atoms with van der Waals surface area (Å²) in [5.41, 5.74) is -0.0996. The lowest BCUT2D eigenvalue weighted by molar-refractivity contribution is -0.125. The van der Waals surface area contributed by atoms with E-state index >= 15 is 0 Å². The molecular formula is C13H18BrFN2O. The van der Waals surface area contributed by atoms with Gasteiger partial charge in [0.15, 0.2) is 0 Å². The van der Waals surface area contributed by atoms with Gasteiger partial charge in [-0.1, -0.05) is 35.7 Å². The van der Waals surface area contributed by atoms with Crippen molar-refractivity contribution < 1.29 is 9.18 Å². The zero-order valence-electron chi connectivity index (χ0n) is 10.8. The van der Waals surface area contributed by atoms with E-state index in [2.05, 4.69) is 35.7 Å². The zero-order valence-corrected chi connectivity index (χ0v) is 12.4. The summed E-state index contributed by atoms with van der Waals surface area (Å²) in [6.45, 7) is 13.7. The average molecular weight is 317 g/mol. The van der Waals surface area contributed by atoms with E-state index in [1.54, 1.807) is 14.0 Å². The highest BCUT2D eigenvalue weighted by Gasteiger charge is 2.39. The van der Waals surface area contributed by atoms with Gasteiger partial charge in [-0.3, -0.25) is 4.79 Å². The molecule has 0 aromatic carbocycles. The number of likely N-dealkylation sites (N-methyl/N-ethyl adjacent to an activating group) is 1. The number of halogens is 2. The summed E-state index contributed by atoms with van der Waals surface area (Å²) in [4.78, 5) is 15.2. The topological polar surface area (TPSA) is 23.6 Å². The van der Waals surface area contributed by atoms with Crippen LogP contribution in [0.5, 0.6) is 0 Å². The van der Waals surface area contributed by atoms with Crippen LogP contribution in [0.15, 0.2) is 35.5 Å². The molecule has 0 saturated carbocycles. The van der Waals surface area contributed by atoms with Crippen molar-refractivity contribution in [3.63, 3.8) is 0 Å². The van der Waals surface area contributed by atoms with E-state index < -0.39 is 5.67 Å². The Bertz CT molecular complexity index is 409. The van der Waals surface area contributed by atoms with Crippen LogP contribution in [0.2, 0.25) is 0 Å². The van der Waals surface area contributed by atoms with Gasteiger partial charge in [0.2, 0.25) is 0 Å². The summed E-state index contributed by atoms with van der Waals surface area (Å²) in [6, 6.07) is 0. The average Bonchev–Trinajstić information content (AvgIpc) is 2.23. The molecule has 0 bridgehead atoms. The number of nitrogens with zero attached hydrogens (tertiary/aromatic N) is 2. The third kappa shape index (κ3) is 3.45. The standard InChI is InChI=1S/C13H18BrFN2O/c1-9(17-7-13(4,15)8-17)6-16(5)12(18)10(2)11(3)14/h1-3,6-8H2,4-5H3. The largest absolute Gasteiger partial charge is 0.367 e. The lowest BCUT2D eigenvalue weighted by Gasteiger charge is -2.45. The molecule has 0 aliphatic carbocycles. The lowest BCUT2D eigenvalue weighted by Crippen LogP contribution is -2.57. The fourth-order valence-corrected chi connectivity index (χ4v) is 1.93. The molecule has 1 aliphatic heterocycles. The summed E-state index contributed by atoms with van der Waals surface area (Å²) in [6.07, 6.45) is 0. The maximum atomic E-state index is 13.4. The van der Waals surface area contributed by atoms with E-state index in [0.29, 0.717) is 29.7 Å². The van der Waals surface area contributed by atoms with Crippen molar-refractivity contribution in [1.29, 1.82) is 0 Å². The van der Waals surface area contributed by atoms with Crippen LogP contribution < -0.4 is 0 Å². The first-order valence-electron chi connectivity index (χ1n) is 5.55. The summed E-state index contributed by atoms with van der Waals surface area (Å²) >= 11 is 3.12. The van der Waals surface area contributed by atoms with Crippen LogP contribution in [0, 0.1) is 0 Å². The predicted octanol–water partition coefficient (Wildman–Crippen LogP) is 2.47. The Morgan fingerprint density at radius 3 is 2.33 bits per heavy atom. The number of hydrogen-bond donors (Lipinski definition) is 0. The molecule has 1 rings (SSSR count). The van der Waals surface area contributed by atoms with Gasteiger partial charge in [0, 0.05) is 22.8 Å². The molecule has 0 aromatic rings. The molecule has 0 radical (unpaired) electrons. The fraction of sp³-hybridized carbons (Fsp3) is 0.462. The molecule has 1 fully saturated rings. The highest BCUT2D eigenvalue weighted by molar-refractivity contribution is 9.12. The number of carbonyl (C=O) groups is 1.